The summed E-state index contributed by atoms with van der Waals surface area (Å²) in [7, 11) is 0. The van der Waals surface area contributed by atoms with E-state index in [1.54, 1.807) is 12.1 Å². The first-order valence-corrected chi connectivity index (χ1v) is 6.07. The monoisotopic (exact) mass is 266 g/mol. The molecule has 19 heavy (non-hydrogen) atoms. The van der Waals surface area contributed by atoms with E-state index in [0.717, 1.165) is 6.42 Å². The molecule has 0 aliphatic heterocycles. The van der Waals surface area contributed by atoms with Crippen molar-refractivity contribution in [3.8, 4) is 5.75 Å². The third-order valence-electron chi connectivity index (χ3n) is 2.36. The Hall–Kier alpha value is -2.24. The maximum atomic E-state index is 11.7. The van der Waals surface area contributed by atoms with Gasteiger partial charge in [0.25, 0.3) is 5.91 Å². The molecule has 0 fully saturated rings. The summed E-state index contributed by atoms with van der Waals surface area (Å²) in [6.07, 6.45) is 0.760. The van der Waals surface area contributed by atoms with Gasteiger partial charge in [-0.15, -0.1) is 0 Å². The fourth-order valence-electron chi connectivity index (χ4n) is 1.42. The molecular formula is C13H18N2O4. The zero-order valence-electron chi connectivity index (χ0n) is 10.8. The number of hydrogen-bond donors (Lipinski definition) is 3. The summed E-state index contributed by atoms with van der Waals surface area (Å²) in [4.78, 5) is 22.0. The predicted molar refractivity (Wildman–Crippen MR) is 71.2 cm³/mol. The number of amides is 1. The van der Waals surface area contributed by atoms with Crippen LogP contribution in [-0.4, -0.2) is 30.1 Å². The number of carbonyl (C=O) groups excluding carboxylic acids is 1. The summed E-state index contributed by atoms with van der Waals surface area (Å²) >= 11 is 0. The number of aliphatic carboxylic acids is 1. The summed E-state index contributed by atoms with van der Waals surface area (Å²) in [5.41, 5.74) is 6.55. The van der Waals surface area contributed by atoms with Gasteiger partial charge < -0.3 is 20.9 Å². The van der Waals surface area contributed by atoms with E-state index in [4.69, 9.17) is 15.6 Å². The highest BCUT2D eigenvalue weighted by Crippen LogP contribution is 2.22. The van der Waals surface area contributed by atoms with Crippen LogP contribution in [0.3, 0.4) is 0 Å². The largest absolute Gasteiger partial charge is 0.491 e. The van der Waals surface area contributed by atoms with E-state index in [1.807, 2.05) is 6.92 Å². The average molecular weight is 266 g/mol. The second-order valence-corrected chi connectivity index (χ2v) is 4.00. The fourth-order valence-corrected chi connectivity index (χ4v) is 1.42. The van der Waals surface area contributed by atoms with Crippen LogP contribution in [0, 0.1) is 0 Å². The van der Waals surface area contributed by atoms with Crippen molar-refractivity contribution < 1.29 is 19.4 Å². The molecule has 0 spiro atoms. The van der Waals surface area contributed by atoms with Crippen LogP contribution in [0.25, 0.3) is 0 Å². The normalized spacial score (nSPS) is 9.95. The Bertz CT molecular complexity index is 460. The van der Waals surface area contributed by atoms with Gasteiger partial charge in [0, 0.05) is 12.1 Å². The fraction of sp³-hybridized carbons (Fsp3) is 0.385. The van der Waals surface area contributed by atoms with Gasteiger partial charge in [-0.2, -0.15) is 0 Å². The van der Waals surface area contributed by atoms with Crippen LogP contribution in [-0.2, 0) is 4.79 Å². The van der Waals surface area contributed by atoms with E-state index in [2.05, 4.69) is 5.32 Å². The minimum absolute atomic E-state index is 0.0855. The Labute approximate surface area is 111 Å². The number of nitrogen functional groups attached to an aromatic ring is 1. The lowest BCUT2D eigenvalue weighted by atomic mass is 10.1. The van der Waals surface area contributed by atoms with Gasteiger partial charge in [0.15, 0.2) is 0 Å². The van der Waals surface area contributed by atoms with Crippen LogP contribution >= 0.6 is 0 Å². The zero-order chi connectivity index (χ0) is 14.3. The maximum absolute atomic E-state index is 11.7. The van der Waals surface area contributed by atoms with Crippen LogP contribution in [0.1, 0.15) is 30.1 Å². The number of benzene rings is 1. The summed E-state index contributed by atoms with van der Waals surface area (Å²) < 4.78 is 5.40. The number of carboxylic acids is 1. The molecule has 0 heterocycles. The first-order chi connectivity index (χ1) is 9.04. The number of ether oxygens (including phenoxy) is 1. The lowest BCUT2D eigenvalue weighted by molar-refractivity contribution is -0.136. The van der Waals surface area contributed by atoms with E-state index >= 15 is 0 Å². The molecule has 1 aromatic rings. The number of nitrogens with two attached hydrogens (primary N) is 1. The van der Waals surface area contributed by atoms with E-state index in [-0.39, 0.29) is 18.9 Å². The number of hydrogen-bond acceptors (Lipinski definition) is 4. The molecule has 0 unspecified atom stereocenters. The van der Waals surface area contributed by atoms with Gasteiger partial charge in [-0.1, -0.05) is 6.92 Å². The number of nitrogens with one attached hydrogen (secondary N) is 1. The maximum Gasteiger partial charge on any atom is 0.305 e. The van der Waals surface area contributed by atoms with Gasteiger partial charge in [-0.05, 0) is 24.6 Å². The molecule has 1 rings (SSSR count). The molecule has 0 bridgehead atoms. The molecular weight excluding hydrogens is 248 g/mol. The van der Waals surface area contributed by atoms with Crippen molar-refractivity contribution in [3.05, 3.63) is 23.8 Å². The lowest BCUT2D eigenvalue weighted by Crippen LogP contribution is -2.26. The molecule has 6 heteroatoms. The minimum Gasteiger partial charge on any atom is -0.491 e. The highest BCUT2D eigenvalue weighted by molar-refractivity contribution is 5.95. The summed E-state index contributed by atoms with van der Waals surface area (Å²) in [5.74, 6) is -0.762. The van der Waals surface area contributed by atoms with Crippen molar-refractivity contribution in [2.75, 3.05) is 18.9 Å². The molecule has 104 valence electrons. The van der Waals surface area contributed by atoms with Crippen LogP contribution in [0.15, 0.2) is 18.2 Å². The second kappa shape index (κ2) is 7.25. The SMILES string of the molecule is CCCOc1ccc(C(=O)NCCC(=O)O)cc1N. The van der Waals surface area contributed by atoms with Crippen LogP contribution in [0.5, 0.6) is 5.75 Å². The molecule has 0 atom stereocenters. The molecule has 0 saturated carbocycles. The van der Waals surface area contributed by atoms with Crippen molar-refractivity contribution >= 4 is 17.6 Å². The summed E-state index contributed by atoms with van der Waals surface area (Å²) in [5, 5.41) is 11.0. The number of carbonyl (C=O) groups is 2. The topological polar surface area (TPSA) is 102 Å². The highest BCUT2D eigenvalue weighted by atomic mass is 16.5. The number of carboxylic acid groups (broad SMARTS) is 1. The molecule has 4 N–H and O–H groups in total. The Morgan fingerprint density at radius 2 is 2.16 bits per heavy atom. The van der Waals surface area contributed by atoms with Gasteiger partial charge in [0.1, 0.15) is 5.75 Å². The van der Waals surface area contributed by atoms with Crippen LogP contribution < -0.4 is 15.8 Å². The van der Waals surface area contributed by atoms with Crippen molar-refractivity contribution in [2.24, 2.45) is 0 Å². The van der Waals surface area contributed by atoms with Crippen LogP contribution in [0.4, 0.5) is 5.69 Å². The molecule has 6 nitrogen and oxygen atoms in total. The van der Waals surface area contributed by atoms with Gasteiger partial charge in [-0.3, -0.25) is 9.59 Å². The van der Waals surface area contributed by atoms with Gasteiger partial charge in [0.2, 0.25) is 0 Å². The summed E-state index contributed by atoms with van der Waals surface area (Å²) in [6.45, 7) is 2.64. The van der Waals surface area contributed by atoms with Crippen molar-refractivity contribution in [1.82, 2.24) is 5.32 Å². The van der Waals surface area contributed by atoms with E-state index < -0.39 is 5.97 Å². The second-order valence-electron chi connectivity index (χ2n) is 4.00. The molecule has 0 aromatic heterocycles. The molecule has 0 radical (unpaired) electrons. The third-order valence-corrected chi connectivity index (χ3v) is 2.36. The molecule has 0 aliphatic carbocycles. The first-order valence-electron chi connectivity index (χ1n) is 6.07. The van der Waals surface area contributed by atoms with Crippen molar-refractivity contribution in [3.63, 3.8) is 0 Å². The van der Waals surface area contributed by atoms with E-state index in [1.165, 1.54) is 6.07 Å². The highest BCUT2D eigenvalue weighted by Gasteiger charge is 2.09. The predicted octanol–water partition coefficient (Wildman–Crippen LogP) is 1.26. The van der Waals surface area contributed by atoms with Crippen molar-refractivity contribution in [2.45, 2.75) is 19.8 Å². The number of rotatable bonds is 7. The van der Waals surface area contributed by atoms with Gasteiger partial charge in [0.05, 0.1) is 18.7 Å². The standard InChI is InChI=1S/C13H18N2O4/c1-2-7-19-11-4-3-9(8-10(11)14)13(18)15-6-5-12(16)17/h3-4,8H,2,5-7,14H2,1H3,(H,15,18)(H,16,17). The Morgan fingerprint density at radius 1 is 1.42 bits per heavy atom. The third kappa shape index (κ3) is 4.87. The Morgan fingerprint density at radius 3 is 2.74 bits per heavy atom. The molecule has 1 amide bonds. The molecule has 0 aliphatic rings. The number of anilines is 1. The quantitative estimate of drug-likeness (QED) is 0.645. The molecule has 1 aromatic carbocycles. The van der Waals surface area contributed by atoms with E-state index in [9.17, 15) is 9.59 Å². The Kier molecular flexibility index (Phi) is 5.66. The zero-order valence-corrected chi connectivity index (χ0v) is 10.8. The smallest absolute Gasteiger partial charge is 0.305 e. The Balaban J connectivity index is 2.61. The van der Waals surface area contributed by atoms with Crippen molar-refractivity contribution in [1.29, 1.82) is 0 Å². The lowest BCUT2D eigenvalue weighted by Gasteiger charge is -2.09. The van der Waals surface area contributed by atoms with Gasteiger partial charge >= 0.3 is 5.97 Å². The van der Waals surface area contributed by atoms with E-state index in [0.29, 0.717) is 23.6 Å². The van der Waals surface area contributed by atoms with Gasteiger partial charge in [-0.25, -0.2) is 0 Å². The van der Waals surface area contributed by atoms with Crippen LogP contribution in [0.2, 0.25) is 0 Å². The summed E-state index contributed by atoms with van der Waals surface area (Å²) in [6, 6.07) is 4.75. The average Bonchev–Trinajstić information content (AvgIpc) is 2.36. The first kappa shape index (κ1) is 14.8. The molecule has 0 saturated heterocycles. The minimum atomic E-state index is -0.955.